The number of allylic oxidation sites excluding steroid dienone is 1. The predicted octanol–water partition coefficient (Wildman–Crippen LogP) is 3.35. The van der Waals surface area contributed by atoms with Gasteiger partial charge in [-0.3, -0.25) is 4.79 Å². The van der Waals surface area contributed by atoms with E-state index in [2.05, 4.69) is 0 Å². The van der Waals surface area contributed by atoms with Crippen molar-refractivity contribution in [1.29, 1.82) is 0 Å². The molecular formula is C17H24O4. The van der Waals surface area contributed by atoms with Gasteiger partial charge in [0, 0.05) is 20.1 Å². The highest BCUT2D eigenvalue weighted by molar-refractivity contribution is 5.82. The number of aldehydes is 1. The lowest BCUT2D eigenvalue weighted by atomic mass is 10.0. The molecule has 1 rings (SSSR count). The Hall–Kier alpha value is -1.81. The molecule has 0 aliphatic carbocycles. The molecule has 0 fully saturated rings. The minimum atomic E-state index is 0.190. The van der Waals surface area contributed by atoms with Crippen molar-refractivity contribution in [2.45, 2.75) is 20.3 Å². The van der Waals surface area contributed by atoms with Crippen LogP contribution in [0.5, 0.6) is 11.5 Å². The molecule has 0 saturated heterocycles. The van der Waals surface area contributed by atoms with Gasteiger partial charge in [0.2, 0.25) is 0 Å². The maximum atomic E-state index is 11.1. The molecule has 1 aromatic rings. The number of hydrogen-bond donors (Lipinski definition) is 0. The Labute approximate surface area is 126 Å². The molecule has 1 aromatic carbocycles. The summed E-state index contributed by atoms with van der Waals surface area (Å²) in [6.45, 7) is 5.20. The van der Waals surface area contributed by atoms with Crippen LogP contribution in [-0.4, -0.2) is 33.7 Å². The molecular weight excluding hydrogens is 268 g/mol. The van der Waals surface area contributed by atoms with Gasteiger partial charge in [0.1, 0.15) is 6.29 Å². The molecule has 0 amide bonds. The highest BCUT2D eigenvalue weighted by Crippen LogP contribution is 2.29. The van der Waals surface area contributed by atoms with Gasteiger partial charge in [-0.15, -0.1) is 0 Å². The molecule has 0 N–H and O–H groups in total. The van der Waals surface area contributed by atoms with Crippen molar-refractivity contribution < 1.29 is 19.0 Å². The molecule has 0 atom stereocenters. The number of carbonyl (C=O) groups is 1. The number of ether oxygens (including phenoxy) is 3. The van der Waals surface area contributed by atoms with Gasteiger partial charge in [0.05, 0.1) is 13.7 Å². The summed E-state index contributed by atoms with van der Waals surface area (Å²) in [6, 6.07) is 5.64. The van der Waals surface area contributed by atoms with E-state index >= 15 is 0 Å². The SMILES string of the molecule is COCCCOc1cc(/C=C(/C=O)C(C)C)ccc1OC. The third-order valence-electron chi connectivity index (χ3n) is 3.07. The van der Waals surface area contributed by atoms with Gasteiger partial charge in [0.25, 0.3) is 0 Å². The summed E-state index contributed by atoms with van der Waals surface area (Å²) >= 11 is 0. The van der Waals surface area contributed by atoms with Gasteiger partial charge in [0.15, 0.2) is 11.5 Å². The van der Waals surface area contributed by atoms with Crippen LogP contribution >= 0.6 is 0 Å². The first kappa shape index (κ1) is 17.2. The van der Waals surface area contributed by atoms with Gasteiger partial charge in [-0.25, -0.2) is 0 Å². The number of methoxy groups -OCH3 is 2. The molecule has 0 heterocycles. The van der Waals surface area contributed by atoms with Gasteiger partial charge in [-0.2, -0.15) is 0 Å². The summed E-state index contributed by atoms with van der Waals surface area (Å²) in [4.78, 5) is 11.1. The molecule has 0 aliphatic rings. The summed E-state index contributed by atoms with van der Waals surface area (Å²) in [6.07, 6.45) is 3.58. The lowest BCUT2D eigenvalue weighted by Crippen LogP contribution is -2.03. The molecule has 116 valence electrons. The highest BCUT2D eigenvalue weighted by Gasteiger charge is 2.07. The third kappa shape index (κ3) is 5.60. The normalized spacial score (nSPS) is 11.6. The fraction of sp³-hybridized carbons (Fsp3) is 0.471. The van der Waals surface area contributed by atoms with Crippen LogP contribution in [0, 0.1) is 5.92 Å². The summed E-state index contributed by atoms with van der Waals surface area (Å²) in [5.41, 5.74) is 1.68. The lowest BCUT2D eigenvalue weighted by Gasteiger charge is -2.12. The maximum Gasteiger partial charge on any atom is 0.161 e. The second-order valence-electron chi connectivity index (χ2n) is 5.02. The molecule has 4 heteroatoms. The topological polar surface area (TPSA) is 44.8 Å². The summed E-state index contributed by atoms with van der Waals surface area (Å²) < 4.78 is 16.0. The second kappa shape index (κ2) is 9.19. The number of rotatable bonds is 9. The zero-order chi connectivity index (χ0) is 15.7. The van der Waals surface area contributed by atoms with E-state index < -0.39 is 0 Å². The highest BCUT2D eigenvalue weighted by atomic mass is 16.5. The fourth-order valence-corrected chi connectivity index (χ4v) is 1.81. The van der Waals surface area contributed by atoms with E-state index in [1.54, 1.807) is 14.2 Å². The van der Waals surface area contributed by atoms with Crippen molar-refractivity contribution in [3.8, 4) is 11.5 Å². The minimum Gasteiger partial charge on any atom is -0.493 e. The van der Waals surface area contributed by atoms with Crippen LogP contribution in [-0.2, 0) is 9.53 Å². The number of benzene rings is 1. The van der Waals surface area contributed by atoms with Crippen LogP contribution in [0.4, 0.5) is 0 Å². The standard InChI is InChI=1S/C17H24O4/c1-13(2)15(12-18)10-14-6-7-16(20-4)17(11-14)21-9-5-8-19-3/h6-7,10-13H,5,8-9H2,1-4H3/b15-10-. The Morgan fingerprint density at radius 2 is 1.95 bits per heavy atom. The zero-order valence-corrected chi connectivity index (χ0v) is 13.2. The van der Waals surface area contributed by atoms with Crippen LogP contribution in [0.3, 0.4) is 0 Å². The van der Waals surface area contributed by atoms with Gasteiger partial charge in [-0.1, -0.05) is 19.9 Å². The van der Waals surface area contributed by atoms with E-state index in [0.717, 1.165) is 23.8 Å². The average molecular weight is 292 g/mol. The van der Waals surface area contributed by atoms with Gasteiger partial charge >= 0.3 is 0 Å². The molecule has 0 unspecified atom stereocenters. The minimum absolute atomic E-state index is 0.190. The van der Waals surface area contributed by atoms with E-state index in [4.69, 9.17) is 14.2 Å². The quantitative estimate of drug-likeness (QED) is 0.398. The zero-order valence-electron chi connectivity index (χ0n) is 13.2. The first-order valence-electron chi connectivity index (χ1n) is 7.09. The molecule has 4 nitrogen and oxygen atoms in total. The Bertz CT molecular complexity index is 478. The third-order valence-corrected chi connectivity index (χ3v) is 3.07. The Balaban J connectivity index is 2.91. The summed E-state index contributed by atoms with van der Waals surface area (Å²) in [5.74, 6) is 1.55. The summed E-state index contributed by atoms with van der Waals surface area (Å²) in [5, 5.41) is 0. The molecule has 0 radical (unpaired) electrons. The molecule has 0 bridgehead atoms. The fourth-order valence-electron chi connectivity index (χ4n) is 1.81. The monoisotopic (exact) mass is 292 g/mol. The van der Waals surface area contributed by atoms with Crippen LogP contribution in [0.15, 0.2) is 23.8 Å². The number of hydrogen-bond acceptors (Lipinski definition) is 4. The van der Waals surface area contributed by atoms with Crippen LogP contribution < -0.4 is 9.47 Å². The number of carbonyl (C=O) groups excluding carboxylic acids is 1. The van der Waals surface area contributed by atoms with Crippen LogP contribution in [0.1, 0.15) is 25.8 Å². The molecule has 0 aromatic heterocycles. The lowest BCUT2D eigenvalue weighted by molar-refractivity contribution is -0.105. The predicted molar refractivity (Wildman–Crippen MR) is 83.9 cm³/mol. The van der Waals surface area contributed by atoms with Crippen LogP contribution in [0.25, 0.3) is 6.08 Å². The van der Waals surface area contributed by atoms with Crippen molar-refractivity contribution in [2.75, 3.05) is 27.4 Å². The van der Waals surface area contributed by atoms with Crippen molar-refractivity contribution >= 4 is 12.4 Å². The van der Waals surface area contributed by atoms with E-state index in [0.29, 0.717) is 24.7 Å². The first-order chi connectivity index (χ1) is 10.1. The first-order valence-corrected chi connectivity index (χ1v) is 7.09. The Morgan fingerprint density at radius 3 is 2.52 bits per heavy atom. The Morgan fingerprint density at radius 1 is 1.19 bits per heavy atom. The second-order valence-corrected chi connectivity index (χ2v) is 5.02. The van der Waals surface area contributed by atoms with Crippen molar-refractivity contribution in [2.24, 2.45) is 5.92 Å². The van der Waals surface area contributed by atoms with Crippen molar-refractivity contribution in [3.63, 3.8) is 0 Å². The van der Waals surface area contributed by atoms with Gasteiger partial charge in [-0.05, 0) is 35.3 Å². The van der Waals surface area contributed by atoms with E-state index in [1.807, 2.05) is 38.1 Å². The van der Waals surface area contributed by atoms with Crippen molar-refractivity contribution in [3.05, 3.63) is 29.3 Å². The van der Waals surface area contributed by atoms with E-state index in [1.165, 1.54) is 0 Å². The largest absolute Gasteiger partial charge is 0.493 e. The molecule has 0 spiro atoms. The van der Waals surface area contributed by atoms with E-state index in [9.17, 15) is 4.79 Å². The van der Waals surface area contributed by atoms with Crippen LogP contribution in [0.2, 0.25) is 0 Å². The Kier molecular flexibility index (Phi) is 7.54. The molecule has 21 heavy (non-hydrogen) atoms. The average Bonchev–Trinajstić information content (AvgIpc) is 2.49. The molecule has 0 saturated carbocycles. The van der Waals surface area contributed by atoms with Gasteiger partial charge < -0.3 is 14.2 Å². The maximum absolute atomic E-state index is 11.1. The smallest absolute Gasteiger partial charge is 0.161 e. The van der Waals surface area contributed by atoms with Crippen molar-refractivity contribution in [1.82, 2.24) is 0 Å². The molecule has 0 aliphatic heterocycles. The summed E-state index contributed by atoms with van der Waals surface area (Å²) in [7, 11) is 3.27. The van der Waals surface area contributed by atoms with E-state index in [-0.39, 0.29) is 5.92 Å².